The minimum Gasteiger partial charge on any atom is -0.508 e. The van der Waals surface area contributed by atoms with Crippen LogP contribution >= 0.6 is 0 Å². The van der Waals surface area contributed by atoms with E-state index in [2.05, 4.69) is 43.0 Å². The first-order chi connectivity index (χ1) is 16.4. The number of phenols is 2. The van der Waals surface area contributed by atoms with Gasteiger partial charge in [0.2, 0.25) is 5.75 Å². The van der Waals surface area contributed by atoms with Gasteiger partial charge in [-0.05, 0) is 62.2 Å². The number of benzene rings is 3. The average molecular weight is 464 g/mol. The third-order valence-corrected chi connectivity index (χ3v) is 6.86. The van der Waals surface area contributed by atoms with Crippen LogP contribution in [0.3, 0.4) is 0 Å². The van der Waals surface area contributed by atoms with E-state index in [1.807, 2.05) is 25.1 Å². The molecule has 3 aromatic carbocycles. The molecule has 0 radical (unpaired) electrons. The topological polar surface area (TPSA) is 71.4 Å². The summed E-state index contributed by atoms with van der Waals surface area (Å²) in [5.41, 5.74) is 5.05. The first-order valence-corrected chi connectivity index (χ1v) is 11.7. The molecule has 0 aromatic heterocycles. The standard InChI is InChI=1S/C28H33NO5/c1-6-29(7-2)20-10-8-18(9-11-20)26-21-12-13-23(30)17(3)28(21)34-16-22(26)19-14-24(32-4)27(31)25(15-19)33-5/h8-15,22,26,30-31H,6-7,16H2,1-5H3. The van der Waals surface area contributed by atoms with Crippen LogP contribution in [-0.2, 0) is 0 Å². The second kappa shape index (κ2) is 9.75. The van der Waals surface area contributed by atoms with Gasteiger partial charge in [0.1, 0.15) is 11.5 Å². The first kappa shape index (κ1) is 23.6. The van der Waals surface area contributed by atoms with Gasteiger partial charge in [0, 0.05) is 41.7 Å². The van der Waals surface area contributed by atoms with Crippen LogP contribution < -0.4 is 19.1 Å². The lowest BCUT2D eigenvalue weighted by molar-refractivity contribution is 0.244. The third-order valence-electron chi connectivity index (χ3n) is 6.86. The number of ether oxygens (including phenoxy) is 3. The van der Waals surface area contributed by atoms with Gasteiger partial charge in [-0.25, -0.2) is 0 Å². The summed E-state index contributed by atoms with van der Waals surface area (Å²) in [6, 6.07) is 16.1. The first-order valence-electron chi connectivity index (χ1n) is 11.7. The highest BCUT2D eigenvalue weighted by Gasteiger charge is 2.35. The summed E-state index contributed by atoms with van der Waals surface area (Å²) in [6.45, 7) is 8.50. The summed E-state index contributed by atoms with van der Waals surface area (Å²) < 4.78 is 17.1. The van der Waals surface area contributed by atoms with Crippen molar-refractivity contribution < 1.29 is 24.4 Å². The van der Waals surface area contributed by atoms with Gasteiger partial charge in [-0.15, -0.1) is 0 Å². The van der Waals surface area contributed by atoms with Crippen molar-refractivity contribution in [2.45, 2.75) is 32.6 Å². The smallest absolute Gasteiger partial charge is 0.200 e. The number of phenolic OH excluding ortho intramolecular Hbond substituents is 2. The number of anilines is 1. The van der Waals surface area contributed by atoms with E-state index < -0.39 is 0 Å². The minimum atomic E-state index is -0.0563. The summed E-state index contributed by atoms with van der Waals surface area (Å²) in [6.07, 6.45) is 0. The second-order valence-corrected chi connectivity index (χ2v) is 8.56. The normalized spacial score (nSPS) is 17.0. The lowest BCUT2D eigenvalue weighted by Crippen LogP contribution is -2.26. The Labute approximate surface area is 201 Å². The quantitative estimate of drug-likeness (QED) is 0.477. The Hall–Kier alpha value is -3.54. The van der Waals surface area contributed by atoms with E-state index in [4.69, 9.17) is 14.2 Å². The van der Waals surface area contributed by atoms with Gasteiger partial charge in [-0.1, -0.05) is 18.2 Å². The third kappa shape index (κ3) is 4.09. The van der Waals surface area contributed by atoms with Crippen LogP contribution in [0.1, 0.15) is 47.9 Å². The van der Waals surface area contributed by atoms with Crippen molar-refractivity contribution in [1.29, 1.82) is 0 Å². The van der Waals surface area contributed by atoms with Gasteiger partial charge in [-0.2, -0.15) is 0 Å². The van der Waals surface area contributed by atoms with Crippen LogP contribution in [0.2, 0.25) is 0 Å². The molecule has 3 aromatic rings. The summed E-state index contributed by atoms with van der Waals surface area (Å²) in [5.74, 6) is 1.57. The SMILES string of the molecule is CCN(CC)c1ccc(C2c3ccc(O)c(C)c3OCC2c2cc(OC)c(O)c(OC)c2)cc1. The predicted molar refractivity (Wildman–Crippen MR) is 134 cm³/mol. The molecule has 1 aliphatic rings. The molecule has 0 spiro atoms. The molecule has 4 rings (SSSR count). The zero-order valence-corrected chi connectivity index (χ0v) is 20.5. The van der Waals surface area contributed by atoms with Gasteiger partial charge >= 0.3 is 0 Å². The highest BCUT2D eigenvalue weighted by molar-refractivity contribution is 5.59. The van der Waals surface area contributed by atoms with E-state index in [9.17, 15) is 10.2 Å². The molecule has 0 amide bonds. The maximum atomic E-state index is 10.4. The Balaban J connectivity index is 1.86. The van der Waals surface area contributed by atoms with Crippen molar-refractivity contribution in [2.75, 3.05) is 38.8 Å². The molecule has 2 N–H and O–H groups in total. The van der Waals surface area contributed by atoms with Crippen LogP contribution in [0.25, 0.3) is 0 Å². The fourth-order valence-electron chi connectivity index (χ4n) is 4.93. The van der Waals surface area contributed by atoms with Gasteiger partial charge in [0.15, 0.2) is 11.5 Å². The minimum absolute atomic E-state index is 0.0206. The summed E-state index contributed by atoms with van der Waals surface area (Å²) in [7, 11) is 3.06. The molecule has 0 bridgehead atoms. The average Bonchev–Trinajstić information content (AvgIpc) is 2.87. The van der Waals surface area contributed by atoms with Crippen LogP contribution in [0.15, 0.2) is 48.5 Å². The lowest BCUT2D eigenvalue weighted by Gasteiger charge is -2.36. The van der Waals surface area contributed by atoms with Gasteiger partial charge in [0.05, 0.1) is 20.8 Å². The Kier molecular flexibility index (Phi) is 6.77. The van der Waals surface area contributed by atoms with Crippen LogP contribution in [0.4, 0.5) is 5.69 Å². The van der Waals surface area contributed by atoms with Gasteiger partial charge in [-0.3, -0.25) is 0 Å². The number of rotatable bonds is 7. The Morgan fingerprint density at radius 3 is 2.09 bits per heavy atom. The predicted octanol–water partition coefficient (Wildman–Crippen LogP) is 5.58. The molecule has 6 heteroatoms. The van der Waals surface area contributed by atoms with E-state index in [0.717, 1.165) is 41.1 Å². The molecule has 0 saturated carbocycles. The van der Waals surface area contributed by atoms with Crippen molar-refractivity contribution in [3.8, 4) is 28.7 Å². The largest absolute Gasteiger partial charge is 0.508 e. The molecule has 1 aliphatic heterocycles. The zero-order valence-electron chi connectivity index (χ0n) is 20.5. The monoisotopic (exact) mass is 463 g/mol. The zero-order chi connectivity index (χ0) is 24.4. The van der Waals surface area contributed by atoms with Crippen LogP contribution in [0, 0.1) is 6.92 Å². The van der Waals surface area contributed by atoms with E-state index in [0.29, 0.717) is 18.1 Å². The summed E-state index contributed by atoms with van der Waals surface area (Å²) in [5, 5.41) is 20.7. The highest BCUT2D eigenvalue weighted by Crippen LogP contribution is 2.50. The molecule has 180 valence electrons. The van der Waals surface area contributed by atoms with E-state index in [1.165, 1.54) is 19.9 Å². The second-order valence-electron chi connectivity index (χ2n) is 8.56. The molecule has 2 atom stereocenters. The molecular weight excluding hydrogens is 430 g/mol. The molecule has 0 aliphatic carbocycles. The Morgan fingerprint density at radius 2 is 1.53 bits per heavy atom. The number of methoxy groups -OCH3 is 2. The fraction of sp³-hybridized carbons (Fsp3) is 0.357. The van der Waals surface area contributed by atoms with Crippen molar-refractivity contribution in [2.24, 2.45) is 0 Å². The Bertz CT molecular complexity index is 1130. The summed E-state index contributed by atoms with van der Waals surface area (Å²) in [4.78, 5) is 2.32. The van der Waals surface area contributed by atoms with Gasteiger partial charge in [0.25, 0.3) is 0 Å². The number of hydrogen-bond acceptors (Lipinski definition) is 6. The number of nitrogens with zero attached hydrogens (tertiary/aromatic N) is 1. The number of aromatic hydroxyl groups is 2. The summed E-state index contributed by atoms with van der Waals surface area (Å²) >= 11 is 0. The molecule has 6 nitrogen and oxygen atoms in total. The maximum Gasteiger partial charge on any atom is 0.200 e. The lowest BCUT2D eigenvalue weighted by atomic mass is 9.75. The highest BCUT2D eigenvalue weighted by atomic mass is 16.5. The number of fused-ring (bicyclic) bond motifs is 1. The molecule has 1 heterocycles. The van der Waals surface area contributed by atoms with E-state index in [1.54, 1.807) is 6.07 Å². The molecule has 2 unspecified atom stereocenters. The van der Waals surface area contributed by atoms with Crippen molar-refractivity contribution >= 4 is 5.69 Å². The van der Waals surface area contributed by atoms with E-state index >= 15 is 0 Å². The van der Waals surface area contributed by atoms with Crippen molar-refractivity contribution in [1.82, 2.24) is 0 Å². The van der Waals surface area contributed by atoms with Crippen molar-refractivity contribution in [3.63, 3.8) is 0 Å². The Morgan fingerprint density at radius 1 is 0.912 bits per heavy atom. The van der Waals surface area contributed by atoms with E-state index in [-0.39, 0.29) is 23.3 Å². The fourth-order valence-corrected chi connectivity index (χ4v) is 4.93. The number of hydrogen-bond donors (Lipinski definition) is 2. The molecular formula is C28H33NO5. The molecule has 0 fully saturated rings. The van der Waals surface area contributed by atoms with Crippen LogP contribution in [0.5, 0.6) is 28.7 Å². The molecule has 34 heavy (non-hydrogen) atoms. The maximum absolute atomic E-state index is 10.4. The van der Waals surface area contributed by atoms with Crippen molar-refractivity contribution in [3.05, 3.63) is 70.8 Å². The van der Waals surface area contributed by atoms with Gasteiger partial charge < -0.3 is 29.3 Å². The van der Waals surface area contributed by atoms with Crippen LogP contribution in [-0.4, -0.2) is 44.1 Å². The molecule has 0 saturated heterocycles.